The molecular formula is C23H31N3O5. The van der Waals surface area contributed by atoms with Crippen molar-refractivity contribution in [1.29, 1.82) is 0 Å². The fourth-order valence-corrected chi connectivity index (χ4v) is 4.02. The first-order chi connectivity index (χ1) is 15.0. The Morgan fingerprint density at radius 3 is 2.74 bits per heavy atom. The Labute approximate surface area is 182 Å². The lowest BCUT2D eigenvalue weighted by Crippen LogP contribution is -2.50. The highest BCUT2D eigenvalue weighted by Gasteiger charge is 2.40. The number of methoxy groups -OCH3 is 1. The molecule has 2 fully saturated rings. The summed E-state index contributed by atoms with van der Waals surface area (Å²) < 4.78 is 16.7. The summed E-state index contributed by atoms with van der Waals surface area (Å²) in [7, 11) is 1.39. The van der Waals surface area contributed by atoms with Gasteiger partial charge in [-0.25, -0.2) is 4.79 Å². The number of carbonyl (C=O) groups is 1. The highest BCUT2D eigenvalue weighted by atomic mass is 16.5. The van der Waals surface area contributed by atoms with Gasteiger partial charge in [0.15, 0.2) is 0 Å². The van der Waals surface area contributed by atoms with E-state index in [1.54, 1.807) is 4.90 Å². The maximum atomic E-state index is 12.5. The number of anilines is 1. The van der Waals surface area contributed by atoms with Gasteiger partial charge < -0.3 is 25.1 Å². The Hall–Kier alpha value is -2.58. The predicted octanol–water partition coefficient (Wildman–Crippen LogP) is 2.51. The highest BCUT2D eigenvalue weighted by Crippen LogP contribution is 2.42. The average Bonchev–Trinajstić information content (AvgIpc) is 3.58. The summed E-state index contributed by atoms with van der Waals surface area (Å²) >= 11 is 0. The van der Waals surface area contributed by atoms with Crippen molar-refractivity contribution in [3.05, 3.63) is 29.5 Å². The van der Waals surface area contributed by atoms with Crippen LogP contribution in [0, 0.1) is 5.41 Å². The first-order valence-electron chi connectivity index (χ1n) is 10.8. The highest BCUT2D eigenvalue weighted by molar-refractivity contribution is 6.11. The molecule has 0 unspecified atom stereocenters. The maximum absolute atomic E-state index is 12.5. The quantitative estimate of drug-likeness (QED) is 0.645. The van der Waals surface area contributed by atoms with Crippen molar-refractivity contribution < 1.29 is 24.1 Å². The van der Waals surface area contributed by atoms with Crippen molar-refractivity contribution in [1.82, 2.24) is 0 Å². The lowest BCUT2D eigenvalue weighted by Gasteiger charge is -2.40. The summed E-state index contributed by atoms with van der Waals surface area (Å²) in [6, 6.07) is 4.23. The van der Waals surface area contributed by atoms with Gasteiger partial charge in [0.25, 0.3) is 0 Å². The Kier molecular flexibility index (Phi) is 6.20. The van der Waals surface area contributed by atoms with E-state index in [4.69, 9.17) is 19.9 Å². The molecule has 8 heteroatoms. The number of hydrogen-bond donors (Lipinski definition) is 2. The van der Waals surface area contributed by atoms with E-state index in [9.17, 15) is 9.90 Å². The SMILES string of the molecule is COC(=O)N1c2ccc(C(C=NC3CC3)=CN)c(OCC3(CO)COC3)c2CC[C@@H]1C. The monoisotopic (exact) mass is 429 g/mol. The van der Waals surface area contributed by atoms with Crippen LogP contribution >= 0.6 is 0 Å². The van der Waals surface area contributed by atoms with E-state index in [0.29, 0.717) is 31.6 Å². The molecule has 1 saturated carbocycles. The molecule has 3 aliphatic rings. The molecular weight excluding hydrogens is 398 g/mol. The smallest absolute Gasteiger partial charge is 0.414 e. The lowest BCUT2D eigenvalue weighted by atomic mass is 9.88. The molecule has 4 rings (SSSR count). The van der Waals surface area contributed by atoms with Gasteiger partial charge in [0.05, 0.1) is 44.1 Å². The molecule has 31 heavy (non-hydrogen) atoms. The molecule has 0 spiro atoms. The van der Waals surface area contributed by atoms with Crippen LogP contribution in [-0.4, -0.2) is 63.0 Å². The fraction of sp³-hybridized carbons (Fsp3) is 0.565. The molecule has 1 amide bonds. The minimum absolute atomic E-state index is 0.00853. The van der Waals surface area contributed by atoms with E-state index in [-0.39, 0.29) is 12.6 Å². The van der Waals surface area contributed by atoms with Gasteiger partial charge in [0.2, 0.25) is 0 Å². The number of aliphatic imine (C=N–C) groups is 1. The molecule has 1 aliphatic carbocycles. The molecule has 0 radical (unpaired) electrons. The third kappa shape index (κ3) is 4.27. The van der Waals surface area contributed by atoms with Crippen LogP contribution in [0.3, 0.4) is 0 Å². The van der Waals surface area contributed by atoms with Crippen molar-refractivity contribution in [2.45, 2.75) is 44.7 Å². The number of allylic oxidation sites excluding steroid dienone is 1. The van der Waals surface area contributed by atoms with E-state index >= 15 is 0 Å². The number of aliphatic hydroxyl groups excluding tert-OH is 1. The Morgan fingerprint density at radius 2 is 2.16 bits per heavy atom. The number of aliphatic hydroxyl groups is 1. The van der Waals surface area contributed by atoms with Crippen LogP contribution in [0.1, 0.15) is 37.3 Å². The summed E-state index contributed by atoms with van der Waals surface area (Å²) in [6.07, 6.45) is 6.71. The first kappa shape index (κ1) is 21.6. The van der Waals surface area contributed by atoms with Crippen molar-refractivity contribution in [3.63, 3.8) is 0 Å². The Balaban J connectivity index is 1.74. The summed E-state index contributed by atoms with van der Waals surface area (Å²) in [6.45, 7) is 3.24. The van der Waals surface area contributed by atoms with Gasteiger partial charge in [0.1, 0.15) is 12.4 Å². The molecule has 8 nitrogen and oxygen atoms in total. The van der Waals surface area contributed by atoms with Gasteiger partial charge in [-0.15, -0.1) is 0 Å². The van der Waals surface area contributed by atoms with Crippen molar-refractivity contribution in [3.8, 4) is 5.75 Å². The number of benzene rings is 1. The molecule has 0 aromatic heterocycles. The third-order valence-corrected chi connectivity index (χ3v) is 6.26. The van der Waals surface area contributed by atoms with E-state index in [1.165, 1.54) is 13.3 Å². The number of fused-ring (bicyclic) bond motifs is 1. The zero-order chi connectivity index (χ0) is 22.0. The second-order valence-electron chi connectivity index (χ2n) is 8.74. The Morgan fingerprint density at radius 1 is 1.39 bits per heavy atom. The Bertz CT molecular complexity index is 884. The molecule has 1 saturated heterocycles. The molecule has 2 aliphatic heterocycles. The zero-order valence-corrected chi connectivity index (χ0v) is 18.2. The van der Waals surface area contributed by atoms with Gasteiger partial charge in [-0.2, -0.15) is 0 Å². The minimum Gasteiger partial charge on any atom is -0.492 e. The van der Waals surface area contributed by atoms with Gasteiger partial charge in [0, 0.05) is 35.2 Å². The molecule has 1 aromatic rings. The second kappa shape index (κ2) is 8.88. The largest absolute Gasteiger partial charge is 0.492 e. The predicted molar refractivity (Wildman–Crippen MR) is 119 cm³/mol. The van der Waals surface area contributed by atoms with Crippen LogP contribution in [0.4, 0.5) is 10.5 Å². The number of carbonyl (C=O) groups excluding carboxylic acids is 1. The number of nitrogens with zero attached hydrogens (tertiary/aromatic N) is 2. The van der Waals surface area contributed by atoms with Crippen molar-refractivity contribution in [2.75, 3.05) is 38.4 Å². The second-order valence-corrected chi connectivity index (χ2v) is 8.74. The normalized spacial score (nSPS) is 22.7. The van der Waals surface area contributed by atoms with Crippen LogP contribution in [0.5, 0.6) is 5.75 Å². The summed E-state index contributed by atoms with van der Waals surface area (Å²) in [4.78, 5) is 18.7. The van der Waals surface area contributed by atoms with E-state index in [2.05, 4.69) is 4.99 Å². The van der Waals surface area contributed by atoms with Crippen LogP contribution in [-0.2, 0) is 15.9 Å². The molecule has 3 N–H and O–H groups in total. The summed E-state index contributed by atoms with van der Waals surface area (Å²) in [5.41, 5.74) is 8.89. The maximum Gasteiger partial charge on any atom is 0.414 e. The molecule has 2 heterocycles. The van der Waals surface area contributed by atoms with Crippen LogP contribution in [0.25, 0.3) is 5.57 Å². The first-order valence-corrected chi connectivity index (χ1v) is 10.8. The standard InChI is InChI=1S/C23H31N3O5/c1-15-3-6-19-20(26(15)22(28)29-2)8-7-18(16(9-24)10-25-17-4-5-17)21(19)31-14-23(11-27)12-30-13-23/h7-10,15,17,27H,3-6,11-14,24H2,1-2H3/t15-/m0/s1. The van der Waals surface area contributed by atoms with Gasteiger partial charge >= 0.3 is 6.09 Å². The number of ether oxygens (including phenoxy) is 3. The number of amides is 1. The van der Waals surface area contributed by atoms with Gasteiger partial charge in [-0.1, -0.05) is 0 Å². The van der Waals surface area contributed by atoms with Crippen LogP contribution in [0.15, 0.2) is 23.3 Å². The molecule has 1 aromatic carbocycles. The molecule has 0 bridgehead atoms. The summed E-state index contributed by atoms with van der Waals surface area (Å²) in [5.74, 6) is 0.678. The van der Waals surface area contributed by atoms with Crippen LogP contribution < -0.4 is 15.4 Å². The fourth-order valence-electron chi connectivity index (χ4n) is 4.02. The molecule has 1 atom stereocenters. The average molecular weight is 430 g/mol. The minimum atomic E-state index is -0.404. The van der Waals surface area contributed by atoms with Crippen LogP contribution in [0.2, 0.25) is 0 Å². The lowest BCUT2D eigenvalue weighted by molar-refractivity contribution is -0.153. The number of nitrogens with two attached hydrogens (primary N) is 1. The number of rotatable bonds is 7. The van der Waals surface area contributed by atoms with E-state index in [0.717, 1.165) is 48.1 Å². The number of hydrogen-bond acceptors (Lipinski definition) is 7. The topological polar surface area (TPSA) is 107 Å². The van der Waals surface area contributed by atoms with Crippen molar-refractivity contribution in [2.24, 2.45) is 16.1 Å². The summed E-state index contributed by atoms with van der Waals surface area (Å²) in [5, 5.41) is 9.83. The van der Waals surface area contributed by atoms with Gasteiger partial charge in [-0.3, -0.25) is 9.89 Å². The third-order valence-electron chi connectivity index (χ3n) is 6.26. The van der Waals surface area contributed by atoms with Gasteiger partial charge in [-0.05, 0) is 44.7 Å². The van der Waals surface area contributed by atoms with Crippen molar-refractivity contribution >= 4 is 23.6 Å². The van der Waals surface area contributed by atoms with E-state index in [1.807, 2.05) is 25.3 Å². The molecule has 168 valence electrons. The van der Waals surface area contributed by atoms with E-state index < -0.39 is 11.5 Å². The zero-order valence-electron chi connectivity index (χ0n) is 18.2.